The molecule has 0 unspecified atom stereocenters. The van der Waals surface area contributed by atoms with Crippen molar-refractivity contribution in [3.8, 4) is 0 Å². The van der Waals surface area contributed by atoms with Gasteiger partial charge in [-0.25, -0.2) is 0 Å². The van der Waals surface area contributed by atoms with Gasteiger partial charge in [0, 0.05) is 32.5 Å². The second kappa shape index (κ2) is 9.45. The normalized spacial score (nSPS) is 13.9. The van der Waals surface area contributed by atoms with Crippen LogP contribution in [0.3, 0.4) is 0 Å². The molecule has 0 N–H and O–H groups in total. The summed E-state index contributed by atoms with van der Waals surface area (Å²) in [7, 11) is -6.16. The van der Waals surface area contributed by atoms with Crippen LogP contribution < -0.4 is 21.2 Å². The second-order valence-corrected chi connectivity index (χ2v) is 14.5. The van der Waals surface area contributed by atoms with Crippen LogP contribution in [0.4, 0.5) is 0 Å². The van der Waals surface area contributed by atoms with Gasteiger partial charge in [-0.2, -0.15) is 0 Å². The molecule has 0 heterocycles. The zero-order valence-corrected chi connectivity index (χ0v) is 20.2. The van der Waals surface area contributed by atoms with E-state index in [1.807, 2.05) is 135 Å². The number of rotatable bonds is 7. The molecule has 162 valence electrons. The summed E-state index contributed by atoms with van der Waals surface area (Å²) in [5.74, 6) is 0. The molecule has 0 aliphatic heterocycles. The molecule has 0 aliphatic rings. The Balaban J connectivity index is 1.91. The van der Waals surface area contributed by atoms with E-state index >= 15 is 0 Å². The third kappa shape index (κ3) is 3.95. The fraction of sp³-hybridized carbons (Fsp3) is 0.143. The first-order valence-electron chi connectivity index (χ1n) is 10.9. The van der Waals surface area contributed by atoms with E-state index in [4.69, 9.17) is 0 Å². The summed E-state index contributed by atoms with van der Waals surface area (Å²) < 4.78 is 29.9. The zero-order valence-electron chi connectivity index (χ0n) is 18.4. The average Bonchev–Trinajstić information content (AvgIpc) is 2.89. The molecular formula is C28H28O2P2. The van der Waals surface area contributed by atoms with Gasteiger partial charge < -0.3 is 9.13 Å². The predicted octanol–water partition coefficient (Wildman–Crippen LogP) is 5.79. The minimum absolute atomic E-state index is 0.335. The van der Waals surface area contributed by atoms with Crippen LogP contribution in [0.15, 0.2) is 121 Å². The summed E-state index contributed by atoms with van der Waals surface area (Å²) in [6, 6.07) is 38.7. The Hall–Kier alpha value is -2.66. The molecule has 32 heavy (non-hydrogen) atoms. The van der Waals surface area contributed by atoms with E-state index in [0.717, 1.165) is 21.2 Å². The average molecular weight is 458 g/mol. The van der Waals surface area contributed by atoms with Crippen LogP contribution in [-0.2, 0) is 9.13 Å². The molecule has 0 aromatic heterocycles. The number of hydrogen-bond donors (Lipinski definition) is 0. The molecule has 4 aromatic carbocycles. The first kappa shape index (κ1) is 22.5. The van der Waals surface area contributed by atoms with Gasteiger partial charge in [-0.3, -0.25) is 0 Å². The molecule has 0 aliphatic carbocycles. The third-order valence-electron chi connectivity index (χ3n) is 6.40. The first-order valence-corrected chi connectivity index (χ1v) is 14.5. The monoisotopic (exact) mass is 458 g/mol. The SMILES string of the molecule is C[C@H]([C@H](C)P(=O)(c1ccccc1)c1ccccc1)P(=O)(c1ccccc1)c1ccccc1. The molecule has 2 nitrogen and oxygen atoms in total. The highest BCUT2D eigenvalue weighted by Crippen LogP contribution is 2.59. The van der Waals surface area contributed by atoms with Crippen molar-refractivity contribution in [3.63, 3.8) is 0 Å². The van der Waals surface area contributed by atoms with Gasteiger partial charge in [0.05, 0.1) is 0 Å². The van der Waals surface area contributed by atoms with E-state index in [-0.39, 0.29) is 11.3 Å². The smallest absolute Gasteiger partial charge is 0.146 e. The summed E-state index contributed by atoms with van der Waals surface area (Å²) >= 11 is 0. The van der Waals surface area contributed by atoms with E-state index < -0.39 is 14.3 Å². The van der Waals surface area contributed by atoms with Crippen molar-refractivity contribution in [2.45, 2.75) is 25.2 Å². The summed E-state index contributed by atoms with van der Waals surface area (Å²) in [5.41, 5.74) is -0.669. The Bertz CT molecular complexity index is 1050. The van der Waals surface area contributed by atoms with E-state index in [0.29, 0.717) is 0 Å². The minimum Gasteiger partial charge on any atom is -0.313 e. The Morgan fingerprint density at radius 2 is 0.594 bits per heavy atom. The van der Waals surface area contributed by atoms with Crippen molar-refractivity contribution in [2.75, 3.05) is 0 Å². The quantitative estimate of drug-likeness (QED) is 0.329. The number of benzene rings is 4. The van der Waals surface area contributed by atoms with E-state index in [1.54, 1.807) is 0 Å². The van der Waals surface area contributed by atoms with Crippen molar-refractivity contribution in [2.24, 2.45) is 0 Å². The number of hydrogen-bond acceptors (Lipinski definition) is 2. The summed E-state index contributed by atoms with van der Waals surface area (Å²) in [6.07, 6.45) is 0. The van der Waals surface area contributed by atoms with Crippen LogP contribution >= 0.6 is 14.3 Å². The molecule has 0 fully saturated rings. The van der Waals surface area contributed by atoms with Crippen molar-refractivity contribution in [3.05, 3.63) is 121 Å². The van der Waals surface area contributed by atoms with Crippen LogP contribution in [-0.4, -0.2) is 11.3 Å². The Morgan fingerprint density at radius 3 is 0.781 bits per heavy atom. The highest BCUT2D eigenvalue weighted by molar-refractivity contribution is 7.83. The third-order valence-corrected chi connectivity index (χ3v) is 14.1. The topological polar surface area (TPSA) is 34.1 Å². The van der Waals surface area contributed by atoms with Crippen molar-refractivity contribution >= 4 is 35.5 Å². The molecule has 0 amide bonds. The maximum Gasteiger partial charge on any atom is 0.146 e. The molecule has 0 bridgehead atoms. The molecule has 2 atom stereocenters. The maximum atomic E-state index is 14.9. The van der Waals surface area contributed by atoms with Crippen molar-refractivity contribution < 1.29 is 9.13 Å². The van der Waals surface area contributed by atoms with Crippen LogP contribution in [0.1, 0.15) is 13.8 Å². The van der Waals surface area contributed by atoms with Gasteiger partial charge in [0.15, 0.2) is 0 Å². The van der Waals surface area contributed by atoms with Crippen molar-refractivity contribution in [1.29, 1.82) is 0 Å². The zero-order chi connectivity index (χ0) is 22.6. The van der Waals surface area contributed by atoms with Gasteiger partial charge in [0.2, 0.25) is 0 Å². The molecule has 0 saturated heterocycles. The minimum atomic E-state index is -3.08. The van der Waals surface area contributed by atoms with Crippen LogP contribution in [0, 0.1) is 0 Å². The molecule has 0 spiro atoms. The fourth-order valence-corrected chi connectivity index (χ4v) is 11.7. The van der Waals surface area contributed by atoms with Crippen LogP contribution in [0.2, 0.25) is 0 Å². The van der Waals surface area contributed by atoms with Gasteiger partial charge in [0.25, 0.3) is 0 Å². The molecular weight excluding hydrogens is 430 g/mol. The van der Waals surface area contributed by atoms with E-state index in [2.05, 4.69) is 0 Å². The molecule has 4 heteroatoms. The molecule has 4 rings (SSSR count). The van der Waals surface area contributed by atoms with E-state index in [1.165, 1.54) is 0 Å². The van der Waals surface area contributed by atoms with E-state index in [9.17, 15) is 9.13 Å². The van der Waals surface area contributed by atoms with Crippen LogP contribution in [0.5, 0.6) is 0 Å². The first-order chi connectivity index (χ1) is 15.5. The Labute approximate surface area is 191 Å². The Kier molecular flexibility index (Phi) is 6.66. The van der Waals surface area contributed by atoms with Gasteiger partial charge in [-0.1, -0.05) is 135 Å². The van der Waals surface area contributed by atoms with Crippen molar-refractivity contribution in [1.82, 2.24) is 0 Å². The molecule has 0 saturated carbocycles. The maximum absolute atomic E-state index is 14.9. The largest absolute Gasteiger partial charge is 0.313 e. The van der Waals surface area contributed by atoms with Crippen LogP contribution in [0.25, 0.3) is 0 Å². The van der Waals surface area contributed by atoms with Gasteiger partial charge in [0.1, 0.15) is 14.3 Å². The van der Waals surface area contributed by atoms with Gasteiger partial charge in [-0.05, 0) is 0 Å². The molecule has 0 radical (unpaired) electrons. The lowest BCUT2D eigenvalue weighted by Crippen LogP contribution is -2.36. The predicted molar refractivity (Wildman–Crippen MR) is 138 cm³/mol. The van der Waals surface area contributed by atoms with Gasteiger partial charge in [-0.15, -0.1) is 0 Å². The fourth-order valence-electron chi connectivity index (χ4n) is 4.44. The highest BCUT2D eigenvalue weighted by atomic mass is 31.2. The second-order valence-electron chi connectivity index (χ2n) is 8.14. The summed E-state index contributed by atoms with van der Waals surface area (Å²) in [5, 5.41) is 3.22. The van der Waals surface area contributed by atoms with Gasteiger partial charge >= 0.3 is 0 Å². The highest BCUT2D eigenvalue weighted by Gasteiger charge is 2.45. The lowest BCUT2D eigenvalue weighted by molar-refractivity contribution is 0.565. The Morgan fingerprint density at radius 1 is 0.406 bits per heavy atom. The molecule has 4 aromatic rings. The lowest BCUT2D eigenvalue weighted by atomic mass is 10.3. The lowest BCUT2D eigenvalue weighted by Gasteiger charge is -2.35. The standard InChI is InChI=1S/C28H28O2P2/c1-23(31(29,25-15-7-3-8-16-25)26-17-9-4-10-18-26)24(2)32(30,27-19-11-5-12-20-27)28-21-13-6-14-22-28/h3-24H,1-2H3/t23-,24+. The summed E-state index contributed by atoms with van der Waals surface area (Å²) in [6.45, 7) is 4.01. The summed E-state index contributed by atoms with van der Waals surface area (Å²) in [4.78, 5) is 0.